The highest BCUT2D eigenvalue weighted by molar-refractivity contribution is 7.13. The fourth-order valence-corrected chi connectivity index (χ4v) is 4.40. The Hall–Kier alpha value is -4.04. The number of aromatic nitrogens is 4. The minimum atomic E-state index is -0.201. The summed E-state index contributed by atoms with van der Waals surface area (Å²) in [7, 11) is 0. The lowest BCUT2D eigenvalue weighted by molar-refractivity contribution is -0.115. The van der Waals surface area contributed by atoms with Crippen molar-refractivity contribution in [2.24, 2.45) is 0 Å². The maximum Gasteiger partial charge on any atom is 0.350 e. The van der Waals surface area contributed by atoms with Crippen LogP contribution in [0.4, 0.5) is 5.69 Å². The van der Waals surface area contributed by atoms with Crippen LogP contribution in [-0.2, 0) is 17.8 Å². The molecule has 0 aliphatic carbocycles. The van der Waals surface area contributed by atoms with Gasteiger partial charge in [-0.3, -0.25) is 9.20 Å². The van der Waals surface area contributed by atoms with E-state index in [0.29, 0.717) is 17.9 Å². The van der Waals surface area contributed by atoms with E-state index in [-0.39, 0.29) is 18.0 Å². The Kier molecular flexibility index (Phi) is 5.58. The van der Waals surface area contributed by atoms with Crippen molar-refractivity contribution >= 4 is 28.6 Å². The molecule has 0 atom stereocenters. The van der Waals surface area contributed by atoms with Crippen molar-refractivity contribution in [1.82, 2.24) is 19.2 Å². The highest BCUT2D eigenvalue weighted by Crippen LogP contribution is 2.24. The lowest BCUT2D eigenvalue weighted by Crippen LogP contribution is -2.21. The number of fused-ring (bicyclic) bond motifs is 1. The van der Waals surface area contributed by atoms with Gasteiger partial charge in [0.05, 0.1) is 18.7 Å². The number of carbonyl (C=O) groups is 1. The quantitative estimate of drug-likeness (QED) is 0.417. The summed E-state index contributed by atoms with van der Waals surface area (Å²) >= 11 is 1.53. The molecule has 164 valence electrons. The van der Waals surface area contributed by atoms with Crippen LogP contribution in [0.15, 0.2) is 83.1 Å². The molecule has 1 amide bonds. The third-order valence-corrected chi connectivity index (χ3v) is 6.16. The van der Waals surface area contributed by atoms with Crippen molar-refractivity contribution < 1.29 is 4.79 Å². The molecule has 0 fully saturated rings. The molecular formula is C25H21N5O2S. The lowest BCUT2D eigenvalue weighted by Gasteiger charge is -2.07. The van der Waals surface area contributed by atoms with Crippen LogP contribution in [-0.4, -0.2) is 25.1 Å². The number of thiazole rings is 1. The number of amides is 1. The Morgan fingerprint density at radius 2 is 1.91 bits per heavy atom. The van der Waals surface area contributed by atoms with E-state index in [1.807, 2.05) is 54.8 Å². The van der Waals surface area contributed by atoms with Crippen LogP contribution in [0.2, 0.25) is 0 Å². The van der Waals surface area contributed by atoms with Crippen molar-refractivity contribution in [3.63, 3.8) is 0 Å². The van der Waals surface area contributed by atoms with Gasteiger partial charge in [-0.05, 0) is 36.8 Å². The first-order valence-electron chi connectivity index (χ1n) is 10.5. The smallest absolute Gasteiger partial charge is 0.326 e. The van der Waals surface area contributed by atoms with Gasteiger partial charge in [-0.2, -0.15) is 0 Å². The van der Waals surface area contributed by atoms with Crippen LogP contribution in [0.5, 0.6) is 0 Å². The number of anilines is 1. The first-order valence-corrected chi connectivity index (χ1v) is 11.4. The Morgan fingerprint density at radius 3 is 2.73 bits per heavy atom. The third kappa shape index (κ3) is 4.61. The number of pyridine rings is 1. The monoisotopic (exact) mass is 455 g/mol. The zero-order chi connectivity index (χ0) is 22.8. The van der Waals surface area contributed by atoms with Crippen LogP contribution in [0.25, 0.3) is 16.2 Å². The Bertz CT molecular complexity index is 1500. The van der Waals surface area contributed by atoms with Gasteiger partial charge < -0.3 is 5.32 Å². The zero-order valence-electron chi connectivity index (χ0n) is 17.9. The molecule has 0 spiro atoms. The van der Waals surface area contributed by atoms with Gasteiger partial charge in [0.1, 0.15) is 5.01 Å². The molecule has 0 saturated carbocycles. The van der Waals surface area contributed by atoms with E-state index >= 15 is 0 Å². The number of carbonyl (C=O) groups excluding carboxylic acids is 1. The Labute approximate surface area is 194 Å². The molecule has 0 unspecified atom stereocenters. The molecule has 0 aliphatic heterocycles. The standard InChI is InChI=1S/C25H21N5O2S/c1-17-8-10-19(11-9-17)24-27-21(16-33-24)14-23(31)26-20-6-4-5-18(13-20)15-30-25(32)29-12-3-2-7-22(29)28-30/h2-13,16H,14-15H2,1H3,(H,26,31). The van der Waals surface area contributed by atoms with E-state index in [1.165, 1.54) is 26.0 Å². The number of nitrogens with one attached hydrogen (secondary N) is 1. The van der Waals surface area contributed by atoms with Crippen LogP contribution in [0.3, 0.4) is 0 Å². The van der Waals surface area contributed by atoms with Crippen molar-refractivity contribution in [1.29, 1.82) is 0 Å². The SMILES string of the molecule is Cc1ccc(-c2nc(CC(=O)Nc3cccc(Cn4nc5ccccn5c4=O)c3)cs2)cc1. The van der Waals surface area contributed by atoms with Gasteiger partial charge in [0.2, 0.25) is 5.91 Å². The molecule has 0 saturated heterocycles. The van der Waals surface area contributed by atoms with E-state index in [9.17, 15) is 9.59 Å². The molecule has 2 aromatic carbocycles. The second kappa shape index (κ2) is 8.84. The van der Waals surface area contributed by atoms with Gasteiger partial charge in [-0.15, -0.1) is 16.4 Å². The minimum absolute atomic E-state index is 0.141. The highest BCUT2D eigenvalue weighted by Gasteiger charge is 2.11. The summed E-state index contributed by atoms with van der Waals surface area (Å²) in [5.41, 5.74) is 4.92. The molecule has 0 aliphatic rings. The molecule has 5 aromatic rings. The van der Waals surface area contributed by atoms with Crippen LogP contribution >= 0.6 is 11.3 Å². The number of benzene rings is 2. The topological polar surface area (TPSA) is 81.3 Å². The van der Waals surface area contributed by atoms with Crippen LogP contribution < -0.4 is 11.0 Å². The van der Waals surface area contributed by atoms with Gasteiger partial charge >= 0.3 is 5.69 Å². The first-order chi connectivity index (χ1) is 16.0. The maximum atomic E-state index is 12.6. The number of nitrogens with zero attached hydrogens (tertiary/aromatic N) is 4. The summed E-state index contributed by atoms with van der Waals surface area (Å²) in [6, 6.07) is 21.0. The van der Waals surface area contributed by atoms with E-state index < -0.39 is 0 Å². The molecule has 1 N–H and O–H groups in total. The maximum absolute atomic E-state index is 12.6. The van der Waals surface area contributed by atoms with Crippen molar-refractivity contribution in [3.8, 4) is 10.6 Å². The van der Waals surface area contributed by atoms with E-state index in [2.05, 4.69) is 27.5 Å². The normalized spacial score (nSPS) is 11.1. The molecule has 0 radical (unpaired) electrons. The van der Waals surface area contributed by atoms with E-state index in [1.54, 1.807) is 18.3 Å². The second-order valence-corrected chi connectivity index (χ2v) is 8.66. The van der Waals surface area contributed by atoms with Gasteiger partial charge in [0.25, 0.3) is 0 Å². The lowest BCUT2D eigenvalue weighted by atomic mass is 10.2. The number of hydrogen-bond acceptors (Lipinski definition) is 5. The first kappa shape index (κ1) is 20.8. The average molecular weight is 456 g/mol. The predicted molar refractivity (Wildman–Crippen MR) is 130 cm³/mol. The second-order valence-electron chi connectivity index (χ2n) is 7.80. The zero-order valence-corrected chi connectivity index (χ0v) is 18.7. The predicted octanol–water partition coefficient (Wildman–Crippen LogP) is 4.16. The highest BCUT2D eigenvalue weighted by atomic mass is 32.1. The van der Waals surface area contributed by atoms with E-state index in [0.717, 1.165) is 21.8 Å². The molecule has 3 aromatic heterocycles. The van der Waals surface area contributed by atoms with Crippen LogP contribution in [0, 0.1) is 6.92 Å². The fraction of sp³-hybridized carbons (Fsp3) is 0.120. The molecule has 3 heterocycles. The van der Waals surface area contributed by atoms with Gasteiger partial charge in [0, 0.05) is 22.8 Å². The largest absolute Gasteiger partial charge is 0.350 e. The Morgan fingerprint density at radius 1 is 1.06 bits per heavy atom. The number of rotatable bonds is 6. The molecule has 33 heavy (non-hydrogen) atoms. The van der Waals surface area contributed by atoms with E-state index in [4.69, 9.17) is 0 Å². The summed E-state index contributed by atoms with van der Waals surface area (Å²) in [4.78, 5) is 29.7. The van der Waals surface area contributed by atoms with Gasteiger partial charge in [0.15, 0.2) is 5.65 Å². The summed E-state index contributed by atoms with van der Waals surface area (Å²) in [5, 5.41) is 10.1. The summed E-state index contributed by atoms with van der Waals surface area (Å²) in [6.45, 7) is 2.36. The number of hydrogen-bond donors (Lipinski definition) is 1. The average Bonchev–Trinajstić information content (AvgIpc) is 3.39. The molecule has 7 nitrogen and oxygen atoms in total. The summed E-state index contributed by atoms with van der Waals surface area (Å²) < 4.78 is 2.92. The minimum Gasteiger partial charge on any atom is -0.326 e. The molecular weight excluding hydrogens is 434 g/mol. The third-order valence-electron chi connectivity index (χ3n) is 5.22. The van der Waals surface area contributed by atoms with Crippen LogP contribution in [0.1, 0.15) is 16.8 Å². The van der Waals surface area contributed by atoms with Crippen molar-refractivity contribution in [2.45, 2.75) is 19.9 Å². The summed E-state index contributed by atoms with van der Waals surface area (Å²) in [5.74, 6) is -0.141. The molecule has 0 bridgehead atoms. The molecule has 5 rings (SSSR count). The Balaban J connectivity index is 1.26. The fourth-order valence-electron chi connectivity index (χ4n) is 3.58. The van der Waals surface area contributed by atoms with Crippen molar-refractivity contribution in [3.05, 3.63) is 106 Å². The van der Waals surface area contributed by atoms with Crippen molar-refractivity contribution in [2.75, 3.05) is 5.32 Å². The molecule has 8 heteroatoms. The summed E-state index contributed by atoms with van der Waals surface area (Å²) in [6.07, 6.45) is 1.89. The van der Waals surface area contributed by atoms with Gasteiger partial charge in [-0.25, -0.2) is 14.5 Å². The van der Waals surface area contributed by atoms with Gasteiger partial charge in [-0.1, -0.05) is 48.0 Å². The number of aryl methyl sites for hydroxylation is 1.